The summed E-state index contributed by atoms with van der Waals surface area (Å²) >= 11 is 1.31. The number of benzene rings is 2. The predicted octanol–water partition coefficient (Wildman–Crippen LogP) is 6.15. The molecule has 0 fully saturated rings. The standard InChI is InChI=1S/C26H29NO4S/c1-7-30-26(29)23-21(20-11-8-15(2)12-18(20)5)14-32-25(23)27-22(28)13-31-24-17(4)10-9-16(3)19(24)6/h8-12,14H,7,13H2,1-6H3,(H,27,28). The fourth-order valence-corrected chi connectivity index (χ4v) is 4.58. The van der Waals surface area contributed by atoms with Gasteiger partial charge in [0.2, 0.25) is 0 Å². The summed E-state index contributed by atoms with van der Waals surface area (Å²) in [6.07, 6.45) is 0. The Hall–Kier alpha value is -3.12. The molecule has 32 heavy (non-hydrogen) atoms. The van der Waals surface area contributed by atoms with Gasteiger partial charge >= 0.3 is 5.97 Å². The van der Waals surface area contributed by atoms with Crippen LogP contribution in [0, 0.1) is 34.6 Å². The van der Waals surface area contributed by atoms with E-state index in [-0.39, 0.29) is 19.1 Å². The van der Waals surface area contributed by atoms with E-state index in [4.69, 9.17) is 9.47 Å². The Balaban J connectivity index is 1.86. The van der Waals surface area contributed by atoms with E-state index < -0.39 is 5.97 Å². The number of ether oxygens (including phenoxy) is 2. The molecule has 0 atom stereocenters. The molecule has 0 radical (unpaired) electrons. The molecular formula is C26H29NO4S. The number of carbonyl (C=O) groups excluding carboxylic acids is 2. The van der Waals surface area contributed by atoms with Gasteiger partial charge in [0.1, 0.15) is 16.3 Å². The third-order valence-corrected chi connectivity index (χ3v) is 6.31. The van der Waals surface area contributed by atoms with Crippen molar-refractivity contribution in [3.63, 3.8) is 0 Å². The van der Waals surface area contributed by atoms with E-state index >= 15 is 0 Å². The largest absolute Gasteiger partial charge is 0.483 e. The molecule has 0 saturated carbocycles. The number of thiophene rings is 1. The maximum absolute atomic E-state index is 12.8. The molecule has 0 spiro atoms. The van der Waals surface area contributed by atoms with Crippen LogP contribution in [0.2, 0.25) is 0 Å². The van der Waals surface area contributed by atoms with Crippen LogP contribution in [0.4, 0.5) is 5.00 Å². The van der Waals surface area contributed by atoms with Crippen LogP contribution in [-0.2, 0) is 9.53 Å². The average molecular weight is 452 g/mol. The van der Waals surface area contributed by atoms with E-state index in [2.05, 4.69) is 11.4 Å². The second-order valence-electron chi connectivity index (χ2n) is 7.88. The molecular weight excluding hydrogens is 422 g/mol. The van der Waals surface area contributed by atoms with Crippen LogP contribution >= 0.6 is 11.3 Å². The van der Waals surface area contributed by atoms with Crippen LogP contribution in [-0.4, -0.2) is 25.1 Å². The van der Waals surface area contributed by atoms with Gasteiger partial charge in [-0.05, 0) is 69.4 Å². The van der Waals surface area contributed by atoms with Gasteiger partial charge in [-0.25, -0.2) is 4.79 Å². The Labute approximate surface area is 193 Å². The van der Waals surface area contributed by atoms with Crippen molar-refractivity contribution in [2.75, 3.05) is 18.5 Å². The lowest BCUT2D eigenvalue weighted by Gasteiger charge is -2.14. The summed E-state index contributed by atoms with van der Waals surface area (Å²) in [7, 11) is 0. The number of carbonyl (C=O) groups is 2. The number of aryl methyl sites for hydroxylation is 4. The number of amides is 1. The van der Waals surface area contributed by atoms with Crippen LogP contribution in [0.3, 0.4) is 0 Å². The van der Waals surface area contributed by atoms with Crippen LogP contribution < -0.4 is 10.1 Å². The Kier molecular flexibility index (Phi) is 7.36. The highest BCUT2D eigenvalue weighted by molar-refractivity contribution is 7.15. The van der Waals surface area contributed by atoms with Crippen molar-refractivity contribution in [2.45, 2.75) is 41.5 Å². The number of hydrogen-bond donors (Lipinski definition) is 1. The first-order valence-electron chi connectivity index (χ1n) is 10.6. The molecule has 0 aliphatic rings. The third kappa shape index (κ3) is 5.02. The van der Waals surface area contributed by atoms with E-state index in [0.717, 1.165) is 38.9 Å². The highest BCUT2D eigenvalue weighted by Gasteiger charge is 2.24. The van der Waals surface area contributed by atoms with Crippen LogP contribution in [0.15, 0.2) is 35.7 Å². The molecule has 1 N–H and O–H groups in total. The summed E-state index contributed by atoms with van der Waals surface area (Å²) in [4.78, 5) is 25.5. The third-order valence-electron chi connectivity index (χ3n) is 5.42. The Bertz CT molecular complexity index is 1160. The number of hydrogen-bond acceptors (Lipinski definition) is 5. The Morgan fingerprint density at radius 1 is 0.938 bits per heavy atom. The topological polar surface area (TPSA) is 64.6 Å². The molecule has 3 rings (SSSR count). The lowest BCUT2D eigenvalue weighted by Crippen LogP contribution is -2.21. The minimum Gasteiger partial charge on any atom is -0.483 e. The minimum atomic E-state index is -0.453. The second kappa shape index (κ2) is 10.0. The van der Waals surface area contributed by atoms with Crippen LogP contribution in [0.5, 0.6) is 5.75 Å². The highest BCUT2D eigenvalue weighted by atomic mass is 32.1. The summed E-state index contributed by atoms with van der Waals surface area (Å²) in [6, 6.07) is 10.1. The molecule has 6 heteroatoms. The zero-order chi connectivity index (χ0) is 23.4. The molecule has 0 bridgehead atoms. The molecule has 0 aliphatic carbocycles. The molecule has 5 nitrogen and oxygen atoms in total. The van der Waals surface area contributed by atoms with Crippen molar-refractivity contribution in [1.29, 1.82) is 0 Å². The van der Waals surface area contributed by atoms with Gasteiger partial charge in [0, 0.05) is 10.9 Å². The molecule has 1 aromatic heterocycles. The smallest absolute Gasteiger partial charge is 0.341 e. The predicted molar refractivity (Wildman–Crippen MR) is 130 cm³/mol. The van der Waals surface area contributed by atoms with Gasteiger partial charge in [0.05, 0.1) is 6.61 Å². The quantitative estimate of drug-likeness (QED) is 0.438. The van der Waals surface area contributed by atoms with Gasteiger partial charge in [-0.1, -0.05) is 35.9 Å². The number of anilines is 1. The van der Waals surface area contributed by atoms with Crippen molar-refractivity contribution in [3.05, 3.63) is 69.1 Å². The van der Waals surface area contributed by atoms with Crippen molar-refractivity contribution >= 4 is 28.2 Å². The lowest BCUT2D eigenvalue weighted by molar-refractivity contribution is -0.118. The SMILES string of the molecule is CCOC(=O)c1c(-c2ccc(C)cc2C)csc1NC(=O)COc1c(C)ccc(C)c1C. The second-order valence-corrected chi connectivity index (χ2v) is 8.76. The molecule has 1 heterocycles. The van der Waals surface area contributed by atoms with Crippen molar-refractivity contribution in [1.82, 2.24) is 0 Å². The molecule has 0 saturated heterocycles. The van der Waals surface area contributed by atoms with E-state index in [9.17, 15) is 9.59 Å². The normalized spacial score (nSPS) is 10.7. The molecule has 2 aromatic carbocycles. The number of nitrogens with one attached hydrogen (secondary N) is 1. The van der Waals surface area contributed by atoms with Gasteiger partial charge in [-0.15, -0.1) is 11.3 Å². The van der Waals surface area contributed by atoms with E-state index in [1.165, 1.54) is 11.3 Å². The monoisotopic (exact) mass is 451 g/mol. The Morgan fingerprint density at radius 3 is 2.34 bits per heavy atom. The molecule has 0 aliphatic heterocycles. The summed E-state index contributed by atoms with van der Waals surface area (Å²) in [5.41, 5.74) is 7.36. The minimum absolute atomic E-state index is 0.149. The summed E-state index contributed by atoms with van der Waals surface area (Å²) in [5, 5.41) is 5.20. The fraction of sp³-hybridized carbons (Fsp3) is 0.308. The van der Waals surface area contributed by atoms with Crippen LogP contribution in [0.25, 0.3) is 11.1 Å². The molecule has 168 valence electrons. The summed E-state index contributed by atoms with van der Waals surface area (Å²) in [6.45, 7) is 11.8. The van der Waals surface area contributed by atoms with E-state index in [0.29, 0.717) is 16.3 Å². The first kappa shape index (κ1) is 23.5. The van der Waals surface area contributed by atoms with Crippen LogP contribution in [0.1, 0.15) is 45.1 Å². The first-order valence-corrected chi connectivity index (χ1v) is 11.5. The van der Waals surface area contributed by atoms with Gasteiger partial charge < -0.3 is 14.8 Å². The summed E-state index contributed by atoms with van der Waals surface area (Å²) < 4.78 is 11.1. The maximum atomic E-state index is 12.8. The molecule has 0 unspecified atom stereocenters. The molecule has 1 amide bonds. The zero-order valence-corrected chi connectivity index (χ0v) is 20.2. The molecule has 3 aromatic rings. The van der Waals surface area contributed by atoms with Crippen molar-refractivity contribution in [3.8, 4) is 16.9 Å². The number of esters is 1. The van der Waals surface area contributed by atoms with Gasteiger partial charge in [0.25, 0.3) is 5.91 Å². The van der Waals surface area contributed by atoms with E-state index in [1.807, 2.05) is 64.3 Å². The fourth-order valence-electron chi connectivity index (χ4n) is 3.62. The van der Waals surface area contributed by atoms with Gasteiger partial charge in [-0.3, -0.25) is 4.79 Å². The zero-order valence-electron chi connectivity index (χ0n) is 19.4. The van der Waals surface area contributed by atoms with Gasteiger partial charge in [-0.2, -0.15) is 0 Å². The highest BCUT2D eigenvalue weighted by Crippen LogP contribution is 2.38. The summed E-state index contributed by atoms with van der Waals surface area (Å²) in [5.74, 6) is -0.0666. The average Bonchev–Trinajstić information content (AvgIpc) is 3.14. The van der Waals surface area contributed by atoms with E-state index in [1.54, 1.807) is 6.92 Å². The van der Waals surface area contributed by atoms with Crippen molar-refractivity contribution < 1.29 is 19.1 Å². The Morgan fingerprint density at radius 2 is 1.66 bits per heavy atom. The first-order chi connectivity index (χ1) is 15.2. The number of rotatable bonds is 7. The lowest BCUT2D eigenvalue weighted by atomic mass is 9.97. The van der Waals surface area contributed by atoms with Crippen molar-refractivity contribution in [2.24, 2.45) is 0 Å². The van der Waals surface area contributed by atoms with Gasteiger partial charge in [0.15, 0.2) is 6.61 Å². The maximum Gasteiger partial charge on any atom is 0.341 e.